The Hall–Kier alpha value is -5.04. The van der Waals surface area contributed by atoms with E-state index >= 15 is 0 Å². The molecule has 0 saturated carbocycles. The van der Waals surface area contributed by atoms with Gasteiger partial charge in [0.2, 0.25) is 0 Å². The lowest BCUT2D eigenvalue weighted by molar-refractivity contribution is 0.0929. The average Bonchev–Trinajstić information content (AvgIpc) is 3.61. The molecule has 39 heavy (non-hydrogen) atoms. The zero-order chi connectivity index (χ0) is 26.4. The molecule has 7 heteroatoms. The number of benzene rings is 3. The molecule has 0 spiro atoms. The molecule has 3 heterocycles. The molecule has 3 aromatic carbocycles. The number of hydrogen-bond donors (Lipinski definition) is 2. The Morgan fingerprint density at radius 3 is 2.36 bits per heavy atom. The first-order valence-electron chi connectivity index (χ1n) is 13.1. The third-order valence-corrected chi connectivity index (χ3v) is 6.86. The molecular formula is C32H28N6O. The van der Waals surface area contributed by atoms with Crippen LogP contribution in [0.15, 0.2) is 116 Å². The Kier molecular flexibility index (Phi) is 6.95. The Morgan fingerprint density at radius 2 is 1.56 bits per heavy atom. The Balaban J connectivity index is 1.41. The fourth-order valence-corrected chi connectivity index (χ4v) is 4.93. The zero-order valence-corrected chi connectivity index (χ0v) is 21.4. The molecule has 7 nitrogen and oxygen atoms in total. The summed E-state index contributed by atoms with van der Waals surface area (Å²) in [4.78, 5) is 21.0. The first-order chi connectivity index (χ1) is 19.3. The minimum Gasteiger partial charge on any atom is -0.361 e. The fraction of sp³-hybridized carbons (Fsp3) is 0.125. The first kappa shape index (κ1) is 24.3. The van der Waals surface area contributed by atoms with Crippen LogP contribution in [0, 0.1) is 0 Å². The molecule has 0 aliphatic carbocycles. The lowest BCUT2D eigenvalue weighted by Gasteiger charge is -2.20. The van der Waals surface area contributed by atoms with Crippen molar-refractivity contribution in [3.05, 3.63) is 144 Å². The summed E-state index contributed by atoms with van der Waals surface area (Å²) in [5.74, 6) is 1.27. The van der Waals surface area contributed by atoms with Crippen molar-refractivity contribution >= 4 is 16.8 Å². The highest BCUT2D eigenvalue weighted by molar-refractivity contribution is 5.92. The van der Waals surface area contributed by atoms with Crippen molar-refractivity contribution in [2.75, 3.05) is 0 Å². The van der Waals surface area contributed by atoms with Gasteiger partial charge in [-0.2, -0.15) is 0 Å². The van der Waals surface area contributed by atoms with Crippen molar-refractivity contribution in [2.24, 2.45) is 0 Å². The van der Waals surface area contributed by atoms with Crippen LogP contribution in [-0.4, -0.2) is 30.6 Å². The molecule has 6 rings (SSSR count). The van der Waals surface area contributed by atoms with Crippen molar-refractivity contribution in [3.63, 3.8) is 0 Å². The molecular weight excluding hydrogens is 484 g/mol. The molecule has 0 saturated heterocycles. The van der Waals surface area contributed by atoms with Gasteiger partial charge in [0.25, 0.3) is 5.91 Å². The second-order valence-electron chi connectivity index (χ2n) is 9.44. The minimum absolute atomic E-state index is 0.256. The molecule has 192 valence electrons. The average molecular weight is 513 g/mol. The summed E-state index contributed by atoms with van der Waals surface area (Å²) in [5.41, 5.74) is 4.69. The van der Waals surface area contributed by atoms with Gasteiger partial charge in [0, 0.05) is 41.8 Å². The number of H-pyrrole nitrogens is 1. The summed E-state index contributed by atoms with van der Waals surface area (Å²) >= 11 is 0. The van der Waals surface area contributed by atoms with Crippen LogP contribution >= 0.6 is 0 Å². The van der Waals surface area contributed by atoms with Gasteiger partial charge in [-0.1, -0.05) is 72.8 Å². The number of pyridine rings is 1. The van der Waals surface area contributed by atoms with Crippen LogP contribution in [0.1, 0.15) is 39.3 Å². The summed E-state index contributed by atoms with van der Waals surface area (Å²) in [6.45, 7) is 0. The minimum atomic E-state index is -0.447. The third kappa shape index (κ3) is 5.33. The van der Waals surface area contributed by atoms with Gasteiger partial charge in [-0.05, 0) is 47.9 Å². The molecule has 0 aliphatic heterocycles. The highest BCUT2D eigenvalue weighted by Crippen LogP contribution is 2.27. The number of hydrogen-bond acceptors (Lipinski definition) is 4. The van der Waals surface area contributed by atoms with Gasteiger partial charge in [0.05, 0.1) is 6.04 Å². The molecule has 1 amide bonds. The monoisotopic (exact) mass is 512 g/mol. The molecule has 0 aliphatic rings. The van der Waals surface area contributed by atoms with Gasteiger partial charge in [0.1, 0.15) is 11.5 Å². The van der Waals surface area contributed by atoms with E-state index in [9.17, 15) is 4.79 Å². The van der Waals surface area contributed by atoms with Crippen LogP contribution in [-0.2, 0) is 19.3 Å². The van der Waals surface area contributed by atoms with Crippen molar-refractivity contribution < 1.29 is 4.79 Å². The smallest absolute Gasteiger partial charge is 0.270 e. The number of para-hydroxylation sites is 2. The molecule has 3 aromatic heterocycles. The number of carbonyl (C=O) groups is 1. The summed E-state index contributed by atoms with van der Waals surface area (Å²) in [6.07, 6.45) is 5.70. The van der Waals surface area contributed by atoms with Crippen molar-refractivity contribution in [2.45, 2.75) is 25.3 Å². The van der Waals surface area contributed by atoms with Crippen LogP contribution in [0.25, 0.3) is 16.6 Å². The lowest BCUT2D eigenvalue weighted by Crippen LogP contribution is -2.32. The maximum Gasteiger partial charge on any atom is 0.270 e. The van der Waals surface area contributed by atoms with E-state index in [1.165, 1.54) is 5.56 Å². The number of nitrogens with zero attached hydrogens (tertiary/aromatic N) is 4. The maximum absolute atomic E-state index is 13.3. The molecule has 0 radical (unpaired) electrons. The quantitative estimate of drug-likeness (QED) is 0.262. The van der Waals surface area contributed by atoms with Gasteiger partial charge in [-0.3, -0.25) is 14.3 Å². The van der Waals surface area contributed by atoms with E-state index < -0.39 is 6.04 Å². The maximum atomic E-state index is 13.3. The number of aryl methyl sites for hydroxylation is 2. The van der Waals surface area contributed by atoms with Crippen LogP contribution in [0.3, 0.4) is 0 Å². The van der Waals surface area contributed by atoms with E-state index in [4.69, 9.17) is 0 Å². The first-order valence-corrected chi connectivity index (χ1v) is 13.1. The van der Waals surface area contributed by atoms with E-state index in [0.29, 0.717) is 24.4 Å². The van der Waals surface area contributed by atoms with Gasteiger partial charge in [-0.15, -0.1) is 10.2 Å². The lowest BCUT2D eigenvalue weighted by atomic mass is 10.0. The summed E-state index contributed by atoms with van der Waals surface area (Å²) in [6, 6.07) is 33.5. The molecule has 6 aromatic rings. The van der Waals surface area contributed by atoms with E-state index in [-0.39, 0.29) is 5.91 Å². The van der Waals surface area contributed by atoms with E-state index in [0.717, 1.165) is 34.4 Å². The van der Waals surface area contributed by atoms with Gasteiger partial charge in [0.15, 0.2) is 5.82 Å². The van der Waals surface area contributed by atoms with Crippen LogP contribution in [0.5, 0.6) is 0 Å². The number of aromatic nitrogens is 5. The van der Waals surface area contributed by atoms with Crippen molar-refractivity contribution in [3.8, 4) is 5.69 Å². The van der Waals surface area contributed by atoms with Crippen LogP contribution in [0.4, 0.5) is 0 Å². The topological polar surface area (TPSA) is 88.5 Å². The predicted octanol–water partition coefficient (Wildman–Crippen LogP) is 5.64. The Labute approximate surface area is 226 Å². The second kappa shape index (κ2) is 11.1. The number of carbonyl (C=O) groups excluding carboxylic acids is 1. The zero-order valence-electron chi connectivity index (χ0n) is 21.4. The molecule has 0 fully saturated rings. The van der Waals surface area contributed by atoms with E-state index in [1.54, 1.807) is 18.3 Å². The third-order valence-electron chi connectivity index (χ3n) is 6.86. The molecule has 0 bridgehead atoms. The largest absolute Gasteiger partial charge is 0.361 e. The highest BCUT2D eigenvalue weighted by atomic mass is 16.2. The van der Waals surface area contributed by atoms with Crippen molar-refractivity contribution in [1.29, 1.82) is 0 Å². The summed E-state index contributed by atoms with van der Waals surface area (Å²) < 4.78 is 2.08. The standard InChI is InChI=1S/C32H28N6O/c39-32(28-17-9-10-20-33-28)35-29(21-24-22-34-27-16-8-7-15-26(24)27)31-37-36-30(19-18-23-11-3-1-4-12-23)38(31)25-13-5-2-6-14-25/h1-17,20,22,29,34H,18-19,21H2,(H,35,39)/t29-/m1/s1. The van der Waals surface area contributed by atoms with E-state index in [1.807, 2.05) is 72.9 Å². The highest BCUT2D eigenvalue weighted by Gasteiger charge is 2.26. The fourth-order valence-electron chi connectivity index (χ4n) is 4.93. The molecule has 1 atom stereocenters. The number of amides is 1. The number of aromatic amines is 1. The normalized spacial score (nSPS) is 11.9. The molecule has 2 N–H and O–H groups in total. The van der Waals surface area contributed by atoms with Crippen LogP contribution in [0.2, 0.25) is 0 Å². The van der Waals surface area contributed by atoms with Gasteiger partial charge in [-0.25, -0.2) is 0 Å². The van der Waals surface area contributed by atoms with Crippen LogP contribution < -0.4 is 5.32 Å². The Morgan fingerprint density at radius 1 is 0.821 bits per heavy atom. The Bertz CT molecular complexity index is 1680. The second-order valence-corrected chi connectivity index (χ2v) is 9.44. The number of fused-ring (bicyclic) bond motifs is 1. The predicted molar refractivity (Wildman–Crippen MR) is 152 cm³/mol. The molecule has 0 unspecified atom stereocenters. The van der Waals surface area contributed by atoms with Gasteiger partial charge < -0.3 is 10.3 Å². The number of nitrogens with one attached hydrogen (secondary N) is 2. The van der Waals surface area contributed by atoms with Gasteiger partial charge >= 0.3 is 0 Å². The summed E-state index contributed by atoms with van der Waals surface area (Å²) in [7, 11) is 0. The SMILES string of the molecule is O=C(N[C@H](Cc1c[nH]c2ccccc12)c1nnc(CCc2ccccc2)n1-c1ccccc1)c1ccccn1. The van der Waals surface area contributed by atoms with E-state index in [2.05, 4.69) is 54.3 Å². The summed E-state index contributed by atoms with van der Waals surface area (Å²) in [5, 5.41) is 13.6. The van der Waals surface area contributed by atoms with Crippen molar-refractivity contribution in [1.82, 2.24) is 30.0 Å². The number of rotatable bonds is 9.